The molecule has 1 rings (SSSR count). The second kappa shape index (κ2) is 5.94. The predicted molar refractivity (Wildman–Crippen MR) is 56.6 cm³/mol. The molecule has 0 saturated heterocycles. The van der Waals surface area contributed by atoms with Crippen molar-refractivity contribution in [3.05, 3.63) is 24.3 Å². The summed E-state index contributed by atoms with van der Waals surface area (Å²) < 4.78 is 0. The van der Waals surface area contributed by atoms with Gasteiger partial charge in [-0.05, 0) is 18.2 Å². The Hall–Kier alpha value is -0.610. The van der Waals surface area contributed by atoms with Crippen LogP contribution in [0.5, 0.6) is 0 Å². The molecule has 0 aliphatic rings. The number of thioether (sulfide) groups is 1. The van der Waals surface area contributed by atoms with Gasteiger partial charge in [-0.1, -0.05) is 6.92 Å². The molecule has 1 atom stereocenters. The summed E-state index contributed by atoms with van der Waals surface area (Å²) >= 11 is 1.85. The molecule has 0 bridgehead atoms. The molecule has 72 valence electrons. The lowest BCUT2D eigenvalue weighted by Crippen LogP contribution is -2.16. The SMILES string of the molecule is CCCSCC(N)c1ncccn1. The van der Waals surface area contributed by atoms with Crippen molar-refractivity contribution in [3.63, 3.8) is 0 Å². The Kier molecular flexibility index (Phi) is 4.78. The van der Waals surface area contributed by atoms with Crippen LogP contribution < -0.4 is 5.73 Å². The van der Waals surface area contributed by atoms with Gasteiger partial charge in [-0.2, -0.15) is 11.8 Å². The zero-order valence-electron chi connectivity index (χ0n) is 7.81. The zero-order chi connectivity index (χ0) is 9.52. The highest BCUT2D eigenvalue weighted by molar-refractivity contribution is 7.99. The molecule has 1 aromatic heterocycles. The molecule has 1 unspecified atom stereocenters. The molecule has 0 radical (unpaired) electrons. The third kappa shape index (κ3) is 3.74. The van der Waals surface area contributed by atoms with Crippen LogP contribution in [0.15, 0.2) is 18.5 Å². The molecule has 0 aromatic carbocycles. The van der Waals surface area contributed by atoms with Crippen molar-refractivity contribution >= 4 is 11.8 Å². The maximum absolute atomic E-state index is 5.89. The lowest BCUT2D eigenvalue weighted by Gasteiger charge is -2.08. The summed E-state index contributed by atoms with van der Waals surface area (Å²) in [5.41, 5.74) is 5.89. The second-order valence-corrected chi connectivity index (χ2v) is 3.94. The molecule has 3 nitrogen and oxygen atoms in total. The molecule has 0 aliphatic heterocycles. The van der Waals surface area contributed by atoms with Gasteiger partial charge in [0.05, 0.1) is 6.04 Å². The van der Waals surface area contributed by atoms with Crippen LogP contribution in [0.3, 0.4) is 0 Å². The van der Waals surface area contributed by atoms with Gasteiger partial charge in [0.25, 0.3) is 0 Å². The third-order valence-electron chi connectivity index (χ3n) is 1.56. The number of rotatable bonds is 5. The number of nitrogens with zero attached hydrogens (tertiary/aromatic N) is 2. The lowest BCUT2D eigenvalue weighted by atomic mass is 10.3. The molecular formula is C9H15N3S. The van der Waals surface area contributed by atoms with Gasteiger partial charge in [0.1, 0.15) is 5.82 Å². The molecule has 0 aliphatic carbocycles. The summed E-state index contributed by atoms with van der Waals surface area (Å²) in [7, 11) is 0. The molecule has 0 saturated carbocycles. The summed E-state index contributed by atoms with van der Waals surface area (Å²) in [6, 6.07) is 1.77. The van der Waals surface area contributed by atoms with Gasteiger partial charge >= 0.3 is 0 Å². The molecule has 4 heteroatoms. The monoisotopic (exact) mass is 197 g/mol. The van der Waals surface area contributed by atoms with Gasteiger partial charge in [-0.3, -0.25) is 0 Å². The Morgan fingerprint density at radius 1 is 1.46 bits per heavy atom. The van der Waals surface area contributed by atoms with Crippen LogP contribution in [-0.4, -0.2) is 21.5 Å². The highest BCUT2D eigenvalue weighted by Crippen LogP contribution is 2.12. The first-order chi connectivity index (χ1) is 6.34. The van der Waals surface area contributed by atoms with E-state index in [1.165, 1.54) is 6.42 Å². The van der Waals surface area contributed by atoms with Crippen LogP contribution in [-0.2, 0) is 0 Å². The summed E-state index contributed by atoms with van der Waals surface area (Å²) in [5.74, 6) is 2.80. The van der Waals surface area contributed by atoms with Crippen LogP contribution in [0, 0.1) is 0 Å². The maximum atomic E-state index is 5.89. The number of hydrogen-bond acceptors (Lipinski definition) is 4. The van der Waals surface area contributed by atoms with E-state index >= 15 is 0 Å². The van der Waals surface area contributed by atoms with E-state index in [1.807, 2.05) is 11.8 Å². The van der Waals surface area contributed by atoms with E-state index in [9.17, 15) is 0 Å². The van der Waals surface area contributed by atoms with Crippen molar-refractivity contribution < 1.29 is 0 Å². The maximum Gasteiger partial charge on any atom is 0.145 e. The normalized spacial score (nSPS) is 12.8. The van der Waals surface area contributed by atoms with Crippen molar-refractivity contribution in [1.82, 2.24) is 9.97 Å². The van der Waals surface area contributed by atoms with Crippen LogP contribution in [0.4, 0.5) is 0 Å². The number of hydrogen-bond donors (Lipinski definition) is 1. The molecule has 2 N–H and O–H groups in total. The number of aromatic nitrogens is 2. The van der Waals surface area contributed by atoms with Gasteiger partial charge in [-0.25, -0.2) is 9.97 Å². The molecule has 1 aromatic rings. The zero-order valence-corrected chi connectivity index (χ0v) is 8.63. The Morgan fingerprint density at radius 3 is 2.77 bits per heavy atom. The van der Waals surface area contributed by atoms with E-state index in [1.54, 1.807) is 18.5 Å². The van der Waals surface area contributed by atoms with Crippen LogP contribution >= 0.6 is 11.8 Å². The van der Waals surface area contributed by atoms with Gasteiger partial charge in [-0.15, -0.1) is 0 Å². The first kappa shape index (κ1) is 10.5. The summed E-state index contributed by atoms with van der Waals surface area (Å²) in [6.45, 7) is 2.16. The van der Waals surface area contributed by atoms with E-state index in [0.29, 0.717) is 0 Å². The molecule has 0 amide bonds. The van der Waals surface area contributed by atoms with E-state index in [4.69, 9.17) is 5.73 Å². The highest BCUT2D eigenvalue weighted by Gasteiger charge is 2.07. The van der Waals surface area contributed by atoms with Crippen molar-refractivity contribution in [1.29, 1.82) is 0 Å². The Labute approximate surface area is 83.2 Å². The molecular weight excluding hydrogens is 182 g/mol. The smallest absolute Gasteiger partial charge is 0.145 e. The van der Waals surface area contributed by atoms with E-state index in [0.717, 1.165) is 17.3 Å². The quantitative estimate of drug-likeness (QED) is 0.729. The fourth-order valence-corrected chi connectivity index (χ4v) is 1.79. The van der Waals surface area contributed by atoms with E-state index in [-0.39, 0.29) is 6.04 Å². The third-order valence-corrected chi connectivity index (χ3v) is 2.86. The second-order valence-electron chi connectivity index (χ2n) is 2.79. The van der Waals surface area contributed by atoms with Crippen LogP contribution in [0.2, 0.25) is 0 Å². The van der Waals surface area contributed by atoms with E-state index in [2.05, 4.69) is 16.9 Å². The van der Waals surface area contributed by atoms with Crippen molar-refractivity contribution in [2.24, 2.45) is 5.73 Å². The molecule has 0 fully saturated rings. The fourth-order valence-electron chi connectivity index (χ4n) is 0.931. The minimum Gasteiger partial charge on any atom is -0.321 e. The summed E-state index contributed by atoms with van der Waals surface area (Å²) in [6.07, 6.45) is 4.65. The minimum atomic E-state index is -0.0299. The molecule has 13 heavy (non-hydrogen) atoms. The van der Waals surface area contributed by atoms with Gasteiger partial charge in [0, 0.05) is 18.1 Å². The molecule has 0 spiro atoms. The fraction of sp³-hybridized carbons (Fsp3) is 0.556. The Balaban J connectivity index is 2.35. The average Bonchev–Trinajstić information content (AvgIpc) is 2.19. The largest absolute Gasteiger partial charge is 0.321 e. The topological polar surface area (TPSA) is 51.8 Å². The predicted octanol–water partition coefficient (Wildman–Crippen LogP) is 1.62. The standard InChI is InChI=1S/C9H15N3S/c1-2-6-13-7-8(10)9-11-4-3-5-12-9/h3-5,8H,2,6-7,10H2,1H3. The average molecular weight is 197 g/mol. The first-order valence-corrected chi connectivity index (χ1v) is 5.60. The highest BCUT2D eigenvalue weighted by atomic mass is 32.2. The van der Waals surface area contributed by atoms with Crippen molar-refractivity contribution in [3.8, 4) is 0 Å². The van der Waals surface area contributed by atoms with Gasteiger partial charge < -0.3 is 5.73 Å². The molecule has 1 heterocycles. The lowest BCUT2D eigenvalue weighted by molar-refractivity contribution is 0.749. The van der Waals surface area contributed by atoms with Crippen LogP contribution in [0.1, 0.15) is 25.2 Å². The van der Waals surface area contributed by atoms with Crippen molar-refractivity contribution in [2.45, 2.75) is 19.4 Å². The van der Waals surface area contributed by atoms with Crippen molar-refractivity contribution in [2.75, 3.05) is 11.5 Å². The minimum absolute atomic E-state index is 0.0299. The number of nitrogens with two attached hydrogens (primary N) is 1. The first-order valence-electron chi connectivity index (χ1n) is 4.44. The van der Waals surface area contributed by atoms with E-state index < -0.39 is 0 Å². The van der Waals surface area contributed by atoms with Gasteiger partial charge in [0.15, 0.2) is 0 Å². The van der Waals surface area contributed by atoms with Gasteiger partial charge in [0.2, 0.25) is 0 Å². The summed E-state index contributed by atoms with van der Waals surface area (Å²) in [4.78, 5) is 8.22. The summed E-state index contributed by atoms with van der Waals surface area (Å²) in [5, 5.41) is 0. The Bertz CT molecular complexity index is 228. The Morgan fingerprint density at radius 2 is 2.15 bits per heavy atom. The van der Waals surface area contributed by atoms with Crippen LogP contribution in [0.25, 0.3) is 0 Å².